The number of ether oxygens (including phenoxy) is 2. The van der Waals surface area contributed by atoms with Crippen LogP contribution in [0.4, 0.5) is 0 Å². The molecule has 158 valence electrons. The maximum atomic E-state index is 12.0. The predicted molar refractivity (Wildman–Crippen MR) is 111 cm³/mol. The number of carbonyl (C=O) groups is 2. The Morgan fingerprint density at radius 1 is 1.25 bits per heavy atom. The SMILES string of the molecule is C=C(CC/C=C(\C)COC(=O)C(C)C)C1CC=C(CO)C(OC(=O)C(C)C)C1. The van der Waals surface area contributed by atoms with Gasteiger partial charge in [-0.1, -0.05) is 52.0 Å². The smallest absolute Gasteiger partial charge is 0.308 e. The molecule has 0 heterocycles. The van der Waals surface area contributed by atoms with Gasteiger partial charge in [-0.05, 0) is 49.7 Å². The molecule has 0 aromatic rings. The quantitative estimate of drug-likeness (QED) is 0.442. The molecule has 5 nitrogen and oxygen atoms in total. The van der Waals surface area contributed by atoms with Crippen molar-refractivity contribution in [1.82, 2.24) is 0 Å². The number of rotatable bonds is 10. The molecule has 1 aliphatic carbocycles. The number of allylic oxidation sites excluding steroid dienone is 3. The molecule has 2 atom stereocenters. The van der Waals surface area contributed by atoms with E-state index in [0.717, 1.165) is 36.0 Å². The van der Waals surface area contributed by atoms with Gasteiger partial charge < -0.3 is 14.6 Å². The molecule has 0 bridgehead atoms. The van der Waals surface area contributed by atoms with Gasteiger partial charge in [-0.2, -0.15) is 0 Å². The fourth-order valence-corrected chi connectivity index (χ4v) is 2.95. The van der Waals surface area contributed by atoms with E-state index in [-0.39, 0.29) is 42.4 Å². The number of carbonyl (C=O) groups excluding carboxylic acids is 2. The van der Waals surface area contributed by atoms with E-state index < -0.39 is 0 Å². The van der Waals surface area contributed by atoms with Crippen LogP contribution in [-0.2, 0) is 19.1 Å². The van der Waals surface area contributed by atoms with Crippen LogP contribution in [0.25, 0.3) is 0 Å². The van der Waals surface area contributed by atoms with E-state index in [1.807, 2.05) is 26.8 Å². The molecule has 28 heavy (non-hydrogen) atoms. The van der Waals surface area contributed by atoms with E-state index in [1.54, 1.807) is 13.8 Å². The normalized spacial score (nSPS) is 20.1. The zero-order chi connectivity index (χ0) is 21.3. The molecule has 1 N–H and O–H groups in total. The van der Waals surface area contributed by atoms with Crippen LogP contribution in [0.5, 0.6) is 0 Å². The molecule has 0 aromatic carbocycles. The maximum Gasteiger partial charge on any atom is 0.308 e. The molecule has 1 rings (SSSR count). The molecule has 5 heteroatoms. The van der Waals surface area contributed by atoms with E-state index in [2.05, 4.69) is 12.7 Å². The number of aliphatic hydroxyl groups is 1. The van der Waals surface area contributed by atoms with Crippen LogP contribution in [0.3, 0.4) is 0 Å². The second kappa shape index (κ2) is 11.8. The van der Waals surface area contributed by atoms with Crippen molar-refractivity contribution in [2.45, 2.75) is 66.4 Å². The van der Waals surface area contributed by atoms with E-state index in [9.17, 15) is 14.7 Å². The van der Waals surface area contributed by atoms with Crippen LogP contribution >= 0.6 is 0 Å². The van der Waals surface area contributed by atoms with Gasteiger partial charge in [0.05, 0.1) is 18.4 Å². The van der Waals surface area contributed by atoms with Gasteiger partial charge in [0.25, 0.3) is 0 Å². The highest BCUT2D eigenvalue weighted by Crippen LogP contribution is 2.33. The van der Waals surface area contributed by atoms with Crippen molar-refractivity contribution in [3.63, 3.8) is 0 Å². The van der Waals surface area contributed by atoms with Gasteiger partial charge in [0.2, 0.25) is 0 Å². The Morgan fingerprint density at radius 3 is 2.46 bits per heavy atom. The number of aliphatic hydroxyl groups excluding tert-OH is 1. The Labute approximate surface area is 169 Å². The van der Waals surface area contributed by atoms with Gasteiger partial charge in [-0.3, -0.25) is 9.59 Å². The third kappa shape index (κ3) is 8.01. The van der Waals surface area contributed by atoms with Crippen molar-refractivity contribution in [1.29, 1.82) is 0 Å². The van der Waals surface area contributed by atoms with Crippen LogP contribution in [0, 0.1) is 17.8 Å². The minimum absolute atomic E-state index is 0.0910. The molecule has 0 aromatic heterocycles. The van der Waals surface area contributed by atoms with E-state index in [1.165, 1.54) is 0 Å². The fraction of sp³-hybridized carbons (Fsp3) is 0.652. The summed E-state index contributed by atoms with van der Waals surface area (Å²) in [6.45, 7) is 13.6. The van der Waals surface area contributed by atoms with Gasteiger partial charge in [0.15, 0.2) is 0 Å². The molecule has 0 aliphatic heterocycles. The van der Waals surface area contributed by atoms with Crippen molar-refractivity contribution < 1.29 is 24.2 Å². The standard InChI is InChI=1S/C23H36O5/c1-15(2)22(25)27-14-17(5)8-7-9-18(6)19-10-11-20(13-24)21(12-19)28-23(26)16(3)4/h8,11,15-16,19,21,24H,6-7,9-10,12-14H2,1-5H3/b17-8+. The summed E-state index contributed by atoms with van der Waals surface area (Å²) in [6.07, 6.45) is 6.80. The number of esters is 2. The second-order valence-electron chi connectivity index (χ2n) is 8.20. The maximum absolute atomic E-state index is 12.0. The van der Waals surface area contributed by atoms with Crippen molar-refractivity contribution in [2.75, 3.05) is 13.2 Å². The molecular weight excluding hydrogens is 356 g/mol. The monoisotopic (exact) mass is 392 g/mol. The van der Waals surface area contributed by atoms with Gasteiger partial charge in [0, 0.05) is 0 Å². The summed E-state index contributed by atoms with van der Waals surface area (Å²) in [5.41, 5.74) is 2.92. The number of hydrogen-bond donors (Lipinski definition) is 1. The Balaban J connectivity index is 2.53. The summed E-state index contributed by atoms with van der Waals surface area (Å²) < 4.78 is 10.8. The summed E-state index contributed by atoms with van der Waals surface area (Å²) in [7, 11) is 0. The highest BCUT2D eigenvalue weighted by Gasteiger charge is 2.28. The van der Waals surface area contributed by atoms with Crippen LogP contribution in [0.1, 0.15) is 60.3 Å². The summed E-state index contributed by atoms with van der Waals surface area (Å²) in [5, 5.41) is 9.54. The third-order valence-corrected chi connectivity index (χ3v) is 4.94. The molecule has 0 saturated carbocycles. The van der Waals surface area contributed by atoms with E-state index in [4.69, 9.17) is 9.47 Å². The Morgan fingerprint density at radius 2 is 1.89 bits per heavy atom. The molecule has 0 saturated heterocycles. The summed E-state index contributed by atoms with van der Waals surface area (Å²) in [5.74, 6) is -0.513. The first-order valence-corrected chi connectivity index (χ1v) is 10.2. The molecule has 0 amide bonds. The highest BCUT2D eigenvalue weighted by atomic mass is 16.5. The second-order valence-corrected chi connectivity index (χ2v) is 8.20. The van der Waals surface area contributed by atoms with Crippen molar-refractivity contribution >= 4 is 11.9 Å². The lowest BCUT2D eigenvalue weighted by atomic mass is 9.81. The zero-order valence-electron chi connectivity index (χ0n) is 18.0. The van der Waals surface area contributed by atoms with Crippen molar-refractivity contribution in [3.8, 4) is 0 Å². The fourth-order valence-electron chi connectivity index (χ4n) is 2.95. The summed E-state index contributed by atoms with van der Waals surface area (Å²) >= 11 is 0. The lowest BCUT2D eigenvalue weighted by molar-refractivity contribution is -0.152. The average Bonchev–Trinajstić information content (AvgIpc) is 2.65. The predicted octanol–water partition coefficient (Wildman–Crippen LogP) is 4.36. The minimum Gasteiger partial charge on any atom is -0.461 e. The van der Waals surface area contributed by atoms with Crippen molar-refractivity contribution in [3.05, 3.63) is 35.5 Å². The van der Waals surface area contributed by atoms with Gasteiger partial charge in [-0.25, -0.2) is 0 Å². The molecule has 0 radical (unpaired) electrons. The topological polar surface area (TPSA) is 72.8 Å². The summed E-state index contributed by atoms with van der Waals surface area (Å²) in [4.78, 5) is 23.5. The van der Waals surface area contributed by atoms with Crippen LogP contribution in [-0.4, -0.2) is 36.4 Å². The first kappa shape index (κ1) is 24.2. The Bertz CT molecular complexity index is 612. The lowest BCUT2D eigenvalue weighted by Gasteiger charge is -2.30. The van der Waals surface area contributed by atoms with Gasteiger partial charge >= 0.3 is 11.9 Å². The van der Waals surface area contributed by atoms with Crippen LogP contribution in [0.2, 0.25) is 0 Å². The third-order valence-electron chi connectivity index (χ3n) is 4.94. The first-order valence-electron chi connectivity index (χ1n) is 10.2. The lowest BCUT2D eigenvalue weighted by Crippen LogP contribution is -2.30. The zero-order valence-corrected chi connectivity index (χ0v) is 18.0. The van der Waals surface area contributed by atoms with E-state index in [0.29, 0.717) is 13.0 Å². The molecule has 1 aliphatic rings. The number of hydrogen-bond acceptors (Lipinski definition) is 5. The molecule has 0 spiro atoms. The Hall–Kier alpha value is -1.88. The van der Waals surface area contributed by atoms with Crippen LogP contribution < -0.4 is 0 Å². The molecular formula is C23H36O5. The van der Waals surface area contributed by atoms with Gasteiger partial charge in [-0.15, -0.1) is 0 Å². The highest BCUT2D eigenvalue weighted by molar-refractivity contribution is 5.72. The largest absolute Gasteiger partial charge is 0.461 e. The molecule has 0 fully saturated rings. The van der Waals surface area contributed by atoms with Crippen LogP contribution in [0.15, 0.2) is 35.5 Å². The Kier molecular flexibility index (Phi) is 10.2. The van der Waals surface area contributed by atoms with E-state index >= 15 is 0 Å². The minimum atomic E-state index is -0.372. The van der Waals surface area contributed by atoms with Gasteiger partial charge in [0.1, 0.15) is 12.7 Å². The molecule has 2 unspecified atom stereocenters. The average molecular weight is 393 g/mol. The first-order chi connectivity index (χ1) is 13.1. The summed E-state index contributed by atoms with van der Waals surface area (Å²) in [6, 6.07) is 0. The van der Waals surface area contributed by atoms with Crippen molar-refractivity contribution in [2.24, 2.45) is 17.8 Å².